The first-order valence-corrected chi connectivity index (χ1v) is 14.4. The van der Waals surface area contributed by atoms with E-state index in [-0.39, 0.29) is 0 Å². The minimum absolute atomic E-state index is 0.666. The highest BCUT2D eigenvalue weighted by Gasteiger charge is 2.33. The number of aryl methyl sites for hydroxylation is 2. The Balaban J connectivity index is 0.000000155. The first-order chi connectivity index (χ1) is 18.6. The molecule has 2 aromatic rings. The van der Waals surface area contributed by atoms with Crippen molar-refractivity contribution in [3.05, 3.63) is 58.7 Å². The number of rotatable bonds is 6. The Kier molecular flexibility index (Phi) is 8.55. The Morgan fingerprint density at radius 1 is 0.632 bits per heavy atom. The third kappa shape index (κ3) is 5.69. The molecule has 0 N–H and O–H groups in total. The van der Waals surface area contributed by atoms with Gasteiger partial charge in [0.15, 0.2) is 0 Å². The minimum Gasteiger partial charge on any atom is -0.497 e. The second kappa shape index (κ2) is 12.2. The zero-order valence-corrected chi connectivity index (χ0v) is 22.9. The number of carbonyl (C=O) groups excluding carboxylic acids is 2. The van der Waals surface area contributed by atoms with Crippen molar-refractivity contribution < 1.29 is 19.1 Å². The van der Waals surface area contributed by atoms with Gasteiger partial charge in [0.2, 0.25) is 12.8 Å². The Labute approximate surface area is 227 Å². The number of ether oxygens (including phenoxy) is 2. The molecule has 2 amide bonds. The van der Waals surface area contributed by atoms with E-state index in [1.54, 1.807) is 14.2 Å². The number of fused-ring (bicyclic) bond motifs is 2. The molecule has 6 heteroatoms. The highest BCUT2D eigenvalue weighted by molar-refractivity contribution is 5.48. The van der Waals surface area contributed by atoms with E-state index in [4.69, 9.17) is 9.47 Å². The molecule has 2 atom stereocenters. The van der Waals surface area contributed by atoms with E-state index in [0.29, 0.717) is 11.8 Å². The molecule has 2 aromatic carbocycles. The van der Waals surface area contributed by atoms with Crippen LogP contribution in [-0.2, 0) is 22.4 Å². The Morgan fingerprint density at radius 2 is 1.03 bits per heavy atom. The second-order valence-corrected chi connectivity index (χ2v) is 11.4. The summed E-state index contributed by atoms with van der Waals surface area (Å²) < 4.78 is 10.7. The van der Waals surface area contributed by atoms with Crippen LogP contribution in [0.4, 0.5) is 0 Å². The number of methoxy groups -OCH3 is 2. The third-order valence-corrected chi connectivity index (χ3v) is 9.54. The van der Waals surface area contributed by atoms with Crippen LogP contribution in [0.3, 0.4) is 0 Å². The second-order valence-electron chi connectivity index (χ2n) is 11.4. The molecule has 2 fully saturated rings. The standard InChI is InChI=1S/2C16H21NO2/c2*1-19-14-4-2-12-3-5-15(16(12)10-14)13-6-8-17(11-18)9-7-13/h2*2,4,10-11,13,15H,3,5-9H2,1H3. The maximum Gasteiger partial charge on any atom is 0.209 e. The molecular weight excluding hydrogens is 476 g/mol. The number of nitrogens with zero attached hydrogens (tertiary/aromatic N) is 2. The normalized spacial score (nSPS) is 23.2. The van der Waals surface area contributed by atoms with Crippen LogP contribution >= 0.6 is 0 Å². The fourth-order valence-electron chi connectivity index (χ4n) is 7.31. The lowest BCUT2D eigenvalue weighted by Gasteiger charge is -2.33. The van der Waals surface area contributed by atoms with Crippen molar-refractivity contribution in [3.63, 3.8) is 0 Å². The Hall–Kier alpha value is -3.02. The molecular formula is C32H42N2O4. The third-order valence-electron chi connectivity index (χ3n) is 9.54. The van der Waals surface area contributed by atoms with Crippen molar-refractivity contribution in [2.24, 2.45) is 11.8 Å². The van der Waals surface area contributed by atoms with Gasteiger partial charge in [-0.25, -0.2) is 0 Å². The summed E-state index contributed by atoms with van der Waals surface area (Å²) in [7, 11) is 3.46. The van der Waals surface area contributed by atoms with Gasteiger partial charge >= 0.3 is 0 Å². The van der Waals surface area contributed by atoms with E-state index in [2.05, 4.69) is 36.4 Å². The van der Waals surface area contributed by atoms with Crippen LogP contribution in [0, 0.1) is 11.8 Å². The van der Waals surface area contributed by atoms with Gasteiger partial charge < -0.3 is 19.3 Å². The summed E-state index contributed by atoms with van der Waals surface area (Å²) in [5.41, 5.74) is 5.96. The number of benzene rings is 2. The smallest absolute Gasteiger partial charge is 0.209 e. The summed E-state index contributed by atoms with van der Waals surface area (Å²) in [6.07, 6.45) is 11.4. The van der Waals surface area contributed by atoms with Crippen molar-refractivity contribution in [1.29, 1.82) is 0 Å². The first kappa shape index (κ1) is 26.6. The van der Waals surface area contributed by atoms with Crippen molar-refractivity contribution in [2.45, 2.75) is 63.2 Å². The molecule has 0 saturated carbocycles. The maximum atomic E-state index is 10.8. The van der Waals surface area contributed by atoms with Crippen LogP contribution in [0.15, 0.2) is 36.4 Å². The number of hydrogen-bond donors (Lipinski definition) is 0. The van der Waals surface area contributed by atoms with Crippen molar-refractivity contribution in [1.82, 2.24) is 9.80 Å². The fourth-order valence-corrected chi connectivity index (χ4v) is 7.31. The lowest BCUT2D eigenvalue weighted by Crippen LogP contribution is -2.34. The molecule has 4 aliphatic rings. The summed E-state index contributed by atoms with van der Waals surface area (Å²) >= 11 is 0. The SMILES string of the molecule is COc1ccc2c(c1)C(C1CCN(C=O)CC1)CC2.COc1ccc2c(c1)C(C1CCN(C=O)CC1)CC2. The van der Waals surface area contributed by atoms with Gasteiger partial charge in [-0.1, -0.05) is 12.1 Å². The number of hydrogen-bond acceptors (Lipinski definition) is 4. The molecule has 6 nitrogen and oxygen atoms in total. The topological polar surface area (TPSA) is 59.1 Å². The van der Waals surface area contributed by atoms with Gasteiger partial charge in [0.05, 0.1) is 14.2 Å². The van der Waals surface area contributed by atoms with Crippen molar-refractivity contribution in [2.75, 3.05) is 40.4 Å². The number of amides is 2. The molecule has 0 bridgehead atoms. The highest BCUT2D eigenvalue weighted by atomic mass is 16.5. The van der Waals surface area contributed by atoms with Crippen molar-refractivity contribution in [3.8, 4) is 11.5 Å². The largest absolute Gasteiger partial charge is 0.497 e. The lowest BCUT2D eigenvalue weighted by atomic mass is 9.81. The molecule has 2 aliphatic carbocycles. The molecule has 0 aromatic heterocycles. The van der Waals surface area contributed by atoms with E-state index in [1.807, 2.05) is 9.80 Å². The van der Waals surface area contributed by atoms with E-state index >= 15 is 0 Å². The van der Waals surface area contributed by atoms with E-state index in [1.165, 1.54) is 47.9 Å². The summed E-state index contributed by atoms with van der Waals surface area (Å²) in [4.78, 5) is 25.4. The van der Waals surface area contributed by atoms with Crippen LogP contribution < -0.4 is 9.47 Å². The van der Waals surface area contributed by atoms with Crippen LogP contribution in [0.25, 0.3) is 0 Å². The molecule has 6 rings (SSSR count). The quantitative estimate of drug-likeness (QED) is 0.494. The van der Waals surface area contributed by atoms with Gasteiger partial charge in [-0.3, -0.25) is 9.59 Å². The zero-order chi connectivity index (χ0) is 26.5. The van der Waals surface area contributed by atoms with E-state index in [0.717, 1.165) is 88.0 Å². The Morgan fingerprint density at radius 3 is 1.37 bits per heavy atom. The van der Waals surface area contributed by atoms with Crippen LogP contribution in [0.2, 0.25) is 0 Å². The first-order valence-electron chi connectivity index (χ1n) is 14.4. The van der Waals surface area contributed by atoms with Crippen LogP contribution in [-0.4, -0.2) is 63.0 Å². The molecule has 2 saturated heterocycles. The molecule has 204 valence electrons. The molecule has 2 unspecified atom stereocenters. The minimum atomic E-state index is 0.666. The highest BCUT2D eigenvalue weighted by Crippen LogP contribution is 2.44. The van der Waals surface area contributed by atoms with Gasteiger partial charge in [-0.15, -0.1) is 0 Å². The molecule has 2 heterocycles. The predicted molar refractivity (Wildman–Crippen MR) is 149 cm³/mol. The zero-order valence-electron chi connectivity index (χ0n) is 22.9. The molecule has 38 heavy (non-hydrogen) atoms. The van der Waals surface area contributed by atoms with Crippen molar-refractivity contribution >= 4 is 12.8 Å². The monoisotopic (exact) mass is 518 g/mol. The van der Waals surface area contributed by atoms with E-state index in [9.17, 15) is 9.59 Å². The van der Waals surface area contributed by atoms with Gasteiger partial charge in [0.25, 0.3) is 0 Å². The lowest BCUT2D eigenvalue weighted by molar-refractivity contribution is -0.120. The van der Waals surface area contributed by atoms with E-state index < -0.39 is 0 Å². The average molecular weight is 519 g/mol. The molecule has 0 spiro atoms. The number of likely N-dealkylation sites (tertiary alicyclic amines) is 2. The average Bonchev–Trinajstić information content (AvgIpc) is 3.61. The summed E-state index contributed by atoms with van der Waals surface area (Å²) in [5, 5.41) is 0. The van der Waals surface area contributed by atoms with Gasteiger partial charge in [-0.2, -0.15) is 0 Å². The summed E-state index contributed by atoms with van der Waals surface area (Å²) in [5.74, 6) is 4.72. The van der Waals surface area contributed by atoms with Crippen LogP contribution in [0.1, 0.15) is 72.6 Å². The maximum absolute atomic E-state index is 10.8. The molecule has 2 aliphatic heterocycles. The summed E-state index contributed by atoms with van der Waals surface area (Å²) in [6, 6.07) is 13.0. The number of piperidine rings is 2. The Bertz CT molecular complexity index is 1020. The molecule has 0 radical (unpaired) electrons. The fraction of sp³-hybridized carbons (Fsp3) is 0.562. The predicted octanol–water partition coefficient (Wildman–Crippen LogP) is 5.19. The summed E-state index contributed by atoms with van der Waals surface area (Å²) in [6.45, 7) is 3.68. The van der Waals surface area contributed by atoms with Gasteiger partial charge in [-0.05, 0) is 122 Å². The van der Waals surface area contributed by atoms with Crippen LogP contribution in [0.5, 0.6) is 11.5 Å². The van der Waals surface area contributed by atoms with Gasteiger partial charge in [0.1, 0.15) is 11.5 Å². The van der Waals surface area contributed by atoms with Gasteiger partial charge in [0, 0.05) is 26.2 Å². The number of carbonyl (C=O) groups is 2.